The highest BCUT2D eigenvalue weighted by Crippen LogP contribution is 2.12. The number of carbonyl (C=O) groups is 1. The number of methoxy groups -OCH3 is 1. The average Bonchev–Trinajstić information content (AvgIpc) is 2.48. The summed E-state index contributed by atoms with van der Waals surface area (Å²) in [6, 6.07) is 6.99. The number of amides is 1. The minimum atomic E-state index is -0.305. The third-order valence-electron chi connectivity index (χ3n) is 2.97. The highest BCUT2D eigenvalue weighted by atomic mass is 16.5. The van der Waals surface area contributed by atoms with E-state index in [0.717, 1.165) is 0 Å². The van der Waals surface area contributed by atoms with Crippen molar-refractivity contribution in [1.82, 2.24) is 15.1 Å². The zero-order chi connectivity index (χ0) is 14.5. The summed E-state index contributed by atoms with van der Waals surface area (Å²) in [5, 5.41) is 7.94. The molecule has 0 aliphatic rings. The topological polar surface area (TPSA) is 73.2 Å². The van der Waals surface area contributed by atoms with Crippen LogP contribution >= 0.6 is 0 Å². The van der Waals surface area contributed by atoms with Crippen LogP contribution in [0.15, 0.2) is 29.1 Å². The van der Waals surface area contributed by atoms with Gasteiger partial charge in [0.25, 0.3) is 11.5 Å². The van der Waals surface area contributed by atoms with Gasteiger partial charge in [-0.2, -0.15) is 5.10 Å². The summed E-state index contributed by atoms with van der Waals surface area (Å²) in [4.78, 5) is 24.3. The van der Waals surface area contributed by atoms with E-state index in [9.17, 15) is 9.59 Å². The molecule has 0 radical (unpaired) electrons. The first-order valence-electron chi connectivity index (χ1n) is 6.46. The lowest BCUT2D eigenvalue weighted by molar-refractivity contribution is 0.0931. The van der Waals surface area contributed by atoms with Gasteiger partial charge in [-0.05, 0) is 13.0 Å². The molecule has 0 saturated carbocycles. The maximum Gasteiger partial charge on any atom is 0.274 e. The first-order valence-corrected chi connectivity index (χ1v) is 6.46. The van der Waals surface area contributed by atoms with Gasteiger partial charge in [0.15, 0.2) is 5.69 Å². The van der Waals surface area contributed by atoms with Crippen LogP contribution in [-0.4, -0.2) is 35.9 Å². The van der Waals surface area contributed by atoms with E-state index in [1.54, 1.807) is 31.4 Å². The van der Waals surface area contributed by atoms with Crippen molar-refractivity contribution in [2.75, 3.05) is 20.3 Å². The molecule has 0 spiro atoms. The van der Waals surface area contributed by atoms with Crippen molar-refractivity contribution >= 4 is 16.7 Å². The third-order valence-corrected chi connectivity index (χ3v) is 2.97. The molecule has 0 aliphatic heterocycles. The van der Waals surface area contributed by atoms with Crippen LogP contribution in [0.3, 0.4) is 0 Å². The zero-order valence-corrected chi connectivity index (χ0v) is 11.5. The maximum atomic E-state index is 12.2. The normalized spacial score (nSPS) is 10.7. The molecule has 0 saturated heterocycles. The van der Waals surface area contributed by atoms with Crippen molar-refractivity contribution in [3.05, 3.63) is 40.3 Å². The summed E-state index contributed by atoms with van der Waals surface area (Å²) in [7, 11) is 1.57. The molecule has 1 amide bonds. The van der Waals surface area contributed by atoms with E-state index < -0.39 is 0 Å². The number of ether oxygens (including phenoxy) is 1. The number of aryl methyl sites for hydroxylation is 1. The largest absolute Gasteiger partial charge is 0.383 e. The molecule has 1 aromatic heterocycles. The van der Waals surface area contributed by atoms with Gasteiger partial charge in [-0.15, -0.1) is 0 Å². The summed E-state index contributed by atoms with van der Waals surface area (Å²) >= 11 is 0. The Labute approximate surface area is 116 Å². The first kappa shape index (κ1) is 14.2. The molecule has 2 aromatic rings. The summed E-state index contributed by atoms with van der Waals surface area (Å²) in [6.07, 6.45) is 0. The van der Waals surface area contributed by atoms with E-state index in [0.29, 0.717) is 30.5 Å². The van der Waals surface area contributed by atoms with E-state index in [2.05, 4.69) is 10.4 Å². The average molecular weight is 275 g/mol. The fourth-order valence-corrected chi connectivity index (χ4v) is 1.97. The SMILES string of the molecule is CCn1nc(C(=O)NCCOC)c2ccccc2c1=O. The molecule has 1 aromatic carbocycles. The molecule has 6 heteroatoms. The van der Waals surface area contributed by atoms with Crippen LogP contribution < -0.4 is 10.9 Å². The number of hydrogen-bond acceptors (Lipinski definition) is 4. The minimum Gasteiger partial charge on any atom is -0.383 e. The van der Waals surface area contributed by atoms with Gasteiger partial charge < -0.3 is 10.1 Å². The summed E-state index contributed by atoms with van der Waals surface area (Å²) in [5.41, 5.74) is 0.0784. The number of rotatable bonds is 5. The fraction of sp³-hybridized carbons (Fsp3) is 0.357. The quantitative estimate of drug-likeness (QED) is 0.819. The van der Waals surface area contributed by atoms with Crippen molar-refractivity contribution in [3.8, 4) is 0 Å². The Morgan fingerprint density at radius 3 is 2.70 bits per heavy atom. The molecule has 0 unspecified atom stereocenters. The lowest BCUT2D eigenvalue weighted by Gasteiger charge is -2.09. The second-order valence-electron chi connectivity index (χ2n) is 4.26. The van der Waals surface area contributed by atoms with Crippen LogP contribution in [-0.2, 0) is 11.3 Å². The number of fused-ring (bicyclic) bond motifs is 1. The number of nitrogens with zero attached hydrogens (tertiary/aromatic N) is 2. The lowest BCUT2D eigenvalue weighted by Crippen LogP contribution is -2.32. The minimum absolute atomic E-state index is 0.184. The predicted molar refractivity (Wildman–Crippen MR) is 75.9 cm³/mol. The molecular weight excluding hydrogens is 258 g/mol. The molecule has 1 heterocycles. The molecule has 106 valence electrons. The van der Waals surface area contributed by atoms with Crippen LogP contribution in [0.4, 0.5) is 0 Å². The van der Waals surface area contributed by atoms with Crippen molar-refractivity contribution in [2.45, 2.75) is 13.5 Å². The number of aromatic nitrogens is 2. The van der Waals surface area contributed by atoms with Gasteiger partial charge in [0.1, 0.15) is 0 Å². The molecule has 2 rings (SSSR count). The number of benzene rings is 1. The standard InChI is InChI=1S/C14H17N3O3/c1-3-17-14(19)11-7-5-4-6-10(11)12(16-17)13(18)15-8-9-20-2/h4-7H,3,8-9H2,1-2H3,(H,15,18). The monoisotopic (exact) mass is 275 g/mol. The van der Waals surface area contributed by atoms with E-state index in [1.807, 2.05) is 6.92 Å². The van der Waals surface area contributed by atoms with Crippen LogP contribution in [0.2, 0.25) is 0 Å². The molecule has 20 heavy (non-hydrogen) atoms. The first-order chi connectivity index (χ1) is 9.69. The predicted octanol–water partition coefficient (Wildman–Crippen LogP) is 0.793. The summed E-state index contributed by atoms with van der Waals surface area (Å²) in [6.45, 7) is 3.06. The van der Waals surface area contributed by atoms with Crippen LogP contribution in [0.25, 0.3) is 10.8 Å². The third kappa shape index (κ3) is 2.70. The Balaban J connectivity index is 2.49. The molecule has 0 fully saturated rings. The van der Waals surface area contributed by atoms with Gasteiger partial charge in [-0.3, -0.25) is 9.59 Å². The molecule has 1 N–H and O–H groups in total. The Kier molecular flexibility index (Phi) is 4.47. The van der Waals surface area contributed by atoms with Crippen LogP contribution in [0.5, 0.6) is 0 Å². The molecular formula is C14H17N3O3. The fourth-order valence-electron chi connectivity index (χ4n) is 1.97. The van der Waals surface area contributed by atoms with Gasteiger partial charge in [-0.25, -0.2) is 4.68 Å². The van der Waals surface area contributed by atoms with Crippen molar-refractivity contribution in [2.24, 2.45) is 0 Å². The van der Waals surface area contributed by atoms with Gasteiger partial charge >= 0.3 is 0 Å². The maximum absolute atomic E-state index is 12.2. The number of carbonyl (C=O) groups excluding carboxylic acids is 1. The molecule has 0 atom stereocenters. The lowest BCUT2D eigenvalue weighted by atomic mass is 10.1. The second-order valence-corrected chi connectivity index (χ2v) is 4.26. The van der Waals surface area contributed by atoms with Crippen molar-refractivity contribution in [3.63, 3.8) is 0 Å². The smallest absolute Gasteiger partial charge is 0.274 e. The zero-order valence-electron chi connectivity index (χ0n) is 11.5. The Morgan fingerprint density at radius 2 is 2.05 bits per heavy atom. The Bertz CT molecular complexity index is 679. The molecule has 0 bridgehead atoms. The molecule has 6 nitrogen and oxygen atoms in total. The van der Waals surface area contributed by atoms with Crippen LogP contribution in [0.1, 0.15) is 17.4 Å². The van der Waals surface area contributed by atoms with E-state index in [1.165, 1.54) is 4.68 Å². The summed E-state index contributed by atoms with van der Waals surface area (Å²) < 4.78 is 6.19. The van der Waals surface area contributed by atoms with E-state index in [4.69, 9.17) is 4.74 Å². The Hall–Kier alpha value is -2.21. The van der Waals surface area contributed by atoms with Crippen molar-refractivity contribution < 1.29 is 9.53 Å². The van der Waals surface area contributed by atoms with E-state index >= 15 is 0 Å². The highest BCUT2D eigenvalue weighted by Gasteiger charge is 2.15. The van der Waals surface area contributed by atoms with Crippen molar-refractivity contribution in [1.29, 1.82) is 0 Å². The number of nitrogens with one attached hydrogen (secondary N) is 1. The van der Waals surface area contributed by atoms with Crippen LogP contribution in [0, 0.1) is 0 Å². The van der Waals surface area contributed by atoms with Gasteiger partial charge in [-0.1, -0.05) is 18.2 Å². The summed E-state index contributed by atoms with van der Waals surface area (Å²) in [5.74, 6) is -0.305. The molecule has 0 aliphatic carbocycles. The van der Waals surface area contributed by atoms with Gasteiger partial charge in [0.05, 0.1) is 12.0 Å². The second kappa shape index (κ2) is 6.29. The number of hydrogen-bond donors (Lipinski definition) is 1. The highest BCUT2D eigenvalue weighted by molar-refractivity contribution is 6.04. The van der Waals surface area contributed by atoms with Gasteiger partial charge in [0, 0.05) is 25.6 Å². The Morgan fingerprint density at radius 1 is 1.35 bits per heavy atom. The van der Waals surface area contributed by atoms with E-state index in [-0.39, 0.29) is 17.2 Å². The van der Waals surface area contributed by atoms with Gasteiger partial charge in [0.2, 0.25) is 0 Å².